The highest BCUT2D eigenvalue weighted by Gasteiger charge is 2.20. The first-order chi connectivity index (χ1) is 12.1. The number of nitrogens with zero attached hydrogens (tertiary/aromatic N) is 2. The van der Waals surface area contributed by atoms with Crippen LogP contribution in [-0.2, 0) is 0 Å². The van der Waals surface area contributed by atoms with Crippen LogP contribution in [0.15, 0.2) is 18.2 Å². The lowest BCUT2D eigenvalue weighted by Gasteiger charge is -2.05. The Hall–Kier alpha value is -1.70. The summed E-state index contributed by atoms with van der Waals surface area (Å²) in [5.41, 5.74) is 0. The van der Waals surface area contributed by atoms with Gasteiger partial charge in [-0.1, -0.05) is 36.8 Å². The Morgan fingerprint density at radius 2 is 2.04 bits per heavy atom. The third-order valence-electron chi connectivity index (χ3n) is 4.04. The fourth-order valence-corrected chi connectivity index (χ4v) is 4.95. The van der Waals surface area contributed by atoms with Gasteiger partial charge in [-0.3, -0.25) is 10.1 Å². The van der Waals surface area contributed by atoms with Gasteiger partial charge in [0.05, 0.1) is 12.1 Å². The average molecular weight is 396 g/mol. The Morgan fingerprint density at radius 3 is 2.72 bits per heavy atom. The number of nitrogens with one attached hydrogen (secondary N) is 1. The van der Waals surface area contributed by atoms with Gasteiger partial charge in [-0.15, -0.1) is 21.5 Å². The second-order valence-electron chi connectivity index (χ2n) is 5.52. The molecular formula is C17H18ClN3O2S2. The molecule has 1 amide bonds. The molecular weight excluding hydrogens is 378 g/mol. The number of thiophene rings is 1. The zero-order chi connectivity index (χ0) is 18.0. The molecule has 0 atom stereocenters. The molecule has 0 unspecified atom stereocenters. The number of methoxy groups -OCH3 is 1. The van der Waals surface area contributed by atoms with Gasteiger partial charge in [-0.25, -0.2) is 0 Å². The van der Waals surface area contributed by atoms with Gasteiger partial charge < -0.3 is 4.74 Å². The maximum Gasteiger partial charge on any atom is 0.269 e. The third kappa shape index (κ3) is 3.63. The third-order valence-corrected chi connectivity index (χ3v) is 6.71. The van der Waals surface area contributed by atoms with Crippen LogP contribution in [0.25, 0.3) is 10.1 Å². The molecule has 5 nitrogen and oxygen atoms in total. The van der Waals surface area contributed by atoms with Crippen LogP contribution in [0.1, 0.15) is 47.3 Å². The maximum absolute atomic E-state index is 12.6. The smallest absolute Gasteiger partial charge is 0.269 e. The summed E-state index contributed by atoms with van der Waals surface area (Å²) in [6.07, 6.45) is 2.01. The first-order valence-corrected chi connectivity index (χ1v) is 9.99. The Morgan fingerprint density at radius 1 is 1.28 bits per heavy atom. The molecule has 0 aliphatic heterocycles. The fourth-order valence-electron chi connectivity index (χ4n) is 2.56. The van der Waals surface area contributed by atoms with E-state index in [1.807, 2.05) is 18.2 Å². The van der Waals surface area contributed by atoms with Gasteiger partial charge in [-0.2, -0.15) is 0 Å². The number of ether oxygens (including phenoxy) is 1. The molecule has 132 valence electrons. The molecule has 0 radical (unpaired) electrons. The molecule has 3 rings (SSSR count). The van der Waals surface area contributed by atoms with Gasteiger partial charge in [0, 0.05) is 16.0 Å². The highest BCUT2D eigenvalue weighted by molar-refractivity contribution is 7.22. The van der Waals surface area contributed by atoms with Crippen molar-refractivity contribution in [2.24, 2.45) is 0 Å². The molecule has 2 aromatic heterocycles. The molecule has 1 aromatic carbocycles. The lowest BCUT2D eigenvalue weighted by Crippen LogP contribution is -2.10. The maximum atomic E-state index is 12.6. The van der Waals surface area contributed by atoms with Crippen LogP contribution >= 0.6 is 34.3 Å². The molecule has 8 heteroatoms. The van der Waals surface area contributed by atoms with E-state index in [9.17, 15) is 4.79 Å². The zero-order valence-corrected chi connectivity index (χ0v) is 16.5. The molecule has 2 heterocycles. The van der Waals surface area contributed by atoms with Crippen molar-refractivity contribution < 1.29 is 9.53 Å². The molecule has 0 saturated heterocycles. The minimum atomic E-state index is -0.266. The summed E-state index contributed by atoms with van der Waals surface area (Å²) in [6, 6.07) is 5.59. The van der Waals surface area contributed by atoms with E-state index < -0.39 is 0 Å². The van der Waals surface area contributed by atoms with E-state index in [1.165, 1.54) is 22.7 Å². The standard InChI is InChI=1S/C17H18ClN3O2S2/c1-4-9(5-2)16-20-21-17(25-16)19-15(22)14-13(18)11-8-10(23-3)6-7-12(11)24-14/h6-9H,4-5H2,1-3H3,(H,19,21,22). The zero-order valence-electron chi connectivity index (χ0n) is 14.1. The summed E-state index contributed by atoms with van der Waals surface area (Å²) in [4.78, 5) is 13.1. The van der Waals surface area contributed by atoms with E-state index in [0.29, 0.717) is 26.7 Å². The Labute approximate surface area is 159 Å². The molecule has 3 aromatic rings. The van der Waals surface area contributed by atoms with Crippen molar-refractivity contribution >= 4 is 55.4 Å². The van der Waals surface area contributed by atoms with E-state index in [0.717, 1.165) is 27.9 Å². The molecule has 0 spiro atoms. The number of carbonyl (C=O) groups excluding carboxylic acids is 1. The molecule has 0 aliphatic carbocycles. The van der Waals surface area contributed by atoms with Gasteiger partial charge >= 0.3 is 0 Å². The summed E-state index contributed by atoms with van der Waals surface area (Å²) in [5.74, 6) is 0.819. The van der Waals surface area contributed by atoms with Crippen molar-refractivity contribution in [2.75, 3.05) is 12.4 Å². The fraction of sp³-hybridized carbons (Fsp3) is 0.353. The monoisotopic (exact) mass is 395 g/mol. The van der Waals surface area contributed by atoms with Crippen molar-refractivity contribution in [3.63, 3.8) is 0 Å². The van der Waals surface area contributed by atoms with Crippen molar-refractivity contribution in [3.8, 4) is 5.75 Å². The Bertz CT molecular complexity index is 903. The topological polar surface area (TPSA) is 64.1 Å². The van der Waals surface area contributed by atoms with Crippen molar-refractivity contribution in [2.45, 2.75) is 32.6 Å². The number of benzene rings is 1. The van der Waals surface area contributed by atoms with E-state index in [-0.39, 0.29) is 5.91 Å². The second kappa shape index (κ2) is 7.68. The molecule has 1 N–H and O–H groups in total. The number of carbonyl (C=O) groups is 1. The summed E-state index contributed by atoms with van der Waals surface area (Å²) in [6.45, 7) is 4.25. The van der Waals surface area contributed by atoms with Crippen molar-refractivity contribution in [3.05, 3.63) is 33.1 Å². The summed E-state index contributed by atoms with van der Waals surface area (Å²) in [5, 5.41) is 13.8. The number of hydrogen-bond donors (Lipinski definition) is 1. The van der Waals surface area contributed by atoms with Crippen LogP contribution in [0.3, 0.4) is 0 Å². The average Bonchev–Trinajstić information content (AvgIpc) is 3.21. The quantitative estimate of drug-likeness (QED) is 0.592. The minimum Gasteiger partial charge on any atom is -0.497 e. The molecule has 0 aliphatic rings. The van der Waals surface area contributed by atoms with Crippen LogP contribution in [-0.4, -0.2) is 23.2 Å². The lowest BCUT2D eigenvalue weighted by molar-refractivity contribution is 0.103. The van der Waals surface area contributed by atoms with Crippen LogP contribution < -0.4 is 10.1 Å². The van der Waals surface area contributed by atoms with Crippen LogP contribution in [0.5, 0.6) is 5.75 Å². The van der Waals surface area contributed by atoms with Gasteiger partial charge in [0.25, 0.3) is 5.91 Å². The van der Waals surface area contributed by atoms with Crippen LogP contribution in [0.2, 0.25) is 5.02 Å². The highest BCUT2D eigenvalue weighted by Crippen LogP contribution is 2.38. The molecule has 0 bridgehead atoms. The van der Waals surface area contributed by atoms with E-state index in [4.69, 9.17) is 16.3 Å². The normalized spacial score (nSPS) is 11.2. The van der Waals surface area contributed by atoms with Crippen molar-refractivity contribution in [1.29, 1.82) is 0 Å². The summed E-state index contributed by atoms with van der Waals surface area (Å²) in [7, 11) is 1.60. The first kappa shape index (κ1) is 18.1. The predicted molar refractivity (Wildman–Crippen MR) is 105 cm³/mol. The Kier molecular flexibility index (Phi) is 5.56. The molecule has 0 fully saturated rings. The number of hydrogen-bond acceptors (Lipinski definition) is 6. The number of rotatable bonds is 6. The number of fused-ring (bicyclic) bond motifs is 1. The van der Waals surface area contributed by atoms with Crippen molar-refractivity contribution in [1.82, 2.24) is 10.2 Å². The van der Waals surface area contributed by atoms with E-state index in [2.05, 4.69) is 29.4 Å². The lowest BCUT2D eigenvalue weighted by atomic mass is 10.1. The first-order valence-electron chi connectivity index (χ1n) is 7.98. The van der Waals surface area contributed by atoms with Crippen LogP contribution in [0, 0.1) is 0 Å². The number of halogens is 1. The van der Waals surface area contributed by atoms with Gasteiger partial charge in [0.1, 0.15) is 15.6 Å². The van der Waals surface area contributed by atoms with Gasteiger partial charge in [-0.05, 0) is 31.0 Å². The predicted octanol–water partition coefficient (Wildman–Crippen LogP) is 5.57. The molecule has 25 heavy (non-hydrogen) atoms. The number of amides is 1. The van der Waals surface area contributed by atoms with Gasteiger partial charge in [0.2, 0.25) is 5.13 Å². The largest absolute Gasteiger partial charge is 0.497 e. The second-order valence-corrected chi connectivity index (χ2v) is 7.96. The van der Waals surface area contributed by atoms with Gasteiger partial charge in [0.15, 0.2) is 0 Å². The summed E-state index contributed by atoms with van der Waals surface area (Å²) >= 11 is 9.18. The van der Waals surface area contributed by atoms with Crippen LogP contribution in [0.4, 0.5) is 5.13 Å². The molecule has 0 saturated carbocycles. The van der Waals surface area contributed by atoms with E-state index in [1.54, 1.807) is 7.11 Å². The summed E-state index contributed by atoms with van der Waals surface area (Å²) < 4.78 is 6.15. The minimum absolute atomic E-state index is 0.266. The van der Waals surface area contributed by atoms with E-state index >= 15 is 0 Å². The highest BCUT2D eigenvalue weighted by atomic mass is 35.5. The SMILES string of the molecule is CCC(CC)c1nnc(NC(=O)c2sc3ccc(OC)cc3c2Cl)s1. The Balaban J connectivity index is 1.84. The number of aromatic nitrogens is 2. The number of anilines is 1.